The Morgan fingerprint density at radius 3 is 2.53 bits per heavy atom. The van der Waals surface area contributed by atoms with Crippen LogP contribution >= 0.6 is 11.6 Å². The van der Waals surface area contributed by atoms with Gasteiger partial charge in [0.25, 0.3) is 0 Å². The average molecular weight is 225 g/mol. The maximum absolute atomic E-state index is 9.82. The highest BCUT2D eigenvalue weighted by molar-refractivity contribution is 6.30. The Morgan fingerprint density at radius 2 is 1.93 bits per heavy atom. The molecule has 0 saturated carbocycles. The highest BCUT2D eigenvalue weighted by Gasteiger charge is 2.04. The van der Waals surface area contributed by atoms with Gasteiger partial charge in [0, 0.05) is 5.02 Å². The smallest absolute Gasteiger partial charge is 0.0824 e. The molecule has 0 unspecified atom stereocenters. The van der Waals surface area contributed by atoms with Crippen molar-refractivity contribution in [2.24, 2.45) is 0 Å². The number of benzene rings is 1. The second kappa shape index (κ2) is 6.65. The van der Waals surface area contributed by atoms with Gasteiger partial charge in [0.05, 0.1) is 6.10 Å². The third-order valence-electron chi connectivity index (χ3n) is 2.24. The van der Waals surface area contributed by atoms with Gasteiger partial charge in [-0.2, -0.15) is 0 Å². The van der Waals surface area contributed by atoms with Crippen molar-refractivity contribution in [2.45, 2.75) is 32.3 Å². The molecule has 0 amide bonds. The fraction of sp³-hybridized carbons (Fsp3) is 0.385. The first-order valence-electron chi connectivity index (χ1n) is 5.32. The SMILES string of the molecule is CCC/C=C/C[C@H](O)c1ccc(Cl)cc1. The summed E-state index contributed by atoms with van der Waals surface area (Å²) in [5, 5.41) is 10.5. The number of hydrogen-bond donors (Lipinski definition) is 1. The van der Waals surface area contributed by atoms with Crippen molar-refractivity contribution in [1.29, 1.82) is 0 Å². The van der Waals surface area contributed by atoms with Crippen molar-refractivity contribution in [3.05, 3.63) is 47.0 Å². The maximum Gasteiger partial charge on any atom is 0.0824 e. The Balaban J connectivity index is 2.46. The topological polar surface area (TPSA) is 20.2 Å². The van der Waals surface area contributed by atoms with Crippen molar-refractivity contribution in [3.8, 4) is 0 Å². The molecule has 0 heterocycles. The van der Waals surface area contributed by atoms with Gasteiger partial charge in [0.2, 0.25) is 0 Å². The molecule has 0 radical (unpaired) electrons. The van der Waals surface area contributed by atoms with Crippen molar-refractivity contribution in [1.82, 2.24) is 0 Å². The molecule has 2 heteroatoms. The highest BCUT2D eigenvalue weighted by atomic mass is 35.5. The van der Waals surface area contributed by atoms with E-state index in [1.807, 2.05) is 18.2 Å². The van der Waals surface area contributed by atoms with Crippen LogP contribution in [0.2, 0.25) is 5.02 Å². The first-order valence-corrected chi connectivity index (χ1v) is 5.70. The number of rotatable bonds is 5. The molecule has 1 rings (SSSR count). The van der Waals surface area contributed by atoms with E-state index in [0.717, 1.165) is 18.4 Å². The Kier molecular flexibility index (Phi) is 5.44. The van der Waals surface area contributed by atoms with E-state index in [9.17, 15) is 5.11 Å². The molecule has 1 atom stereocenters. The molecule has 1 nitrogen and oxygen atoms in total. The largest absolute Gasteiger partial charge is 0.388 e. The zero-order chi connectivity index (χ0) is 11.1. The van der Waals surface area contributed by atoms with Crippen molar-refractivity contribution >= 4 is 11.6 Å². The first-order chi connectivity index (χ1) is 7.24. The van der Waals surface area contributed by atoms with E-state index in [1.165, 1.54) is 0 Å². The summed E-state index contributed by atoms with van der Waals surface area (Å²) >= 11 is 5.77. The molecule has 1 N–H and O–H groups in total. The summed E-state index contributed by atoms with van der Waals surface area (Å²) in [5.74, 6) is 0. The monoisotopic (exact) mass is 224 g/mol. The second-order valence-electron chi connectivity index (χ2n) is 3.56. The molecule has 15 heavy (non-hydrogen) atoms. The first kappa shape index (κ1) is 12.3. The van der Waals surface area contributed by atoms with E-state index in [-0.39, 0.29) is 0 Å². The van der Waals surface area contributed by atoms with Gasteiger partial charge < -0.3 is 5.11 Å². The van der Waals surface area contributed by atoms with Gasteiger partial charge in [0.15, 0.2) is 0 Å². The van der Waals surface area contributed by atoms with E-state index in [0.29, 0.717) is 11.4 Å². The van der Waals surface area contributed by atoms with Crippen LogP contribution in [0.25, 0.3) is 0 Å². The van der Waals surface area contributed by atoms with Crippen LogP contribution in [0.1, 0.15) is 37.9 Å². The number of aliphatic hydroxyl groups excluding tert-OH is 1. The van der Waals surface area contributed by atoms with E-state index >= 15 is 0 Å². The Labute approximate surface area is 96.4 Å². The van der Waals surface area contributed by atoms with Gasteiger partial charge in [-0.3, -0.25) is 0 Å². The van der Waals surface area contributed by atoms with Crippen molar-refractivity contribution < 1.29 is 5.11 Å². The van der Waals surface area contributed by atoms with Crippen LogP contribution in [-0.2, 0) is 0 Å². The van der Waals surface area contributed by atoms with Gasteiger partial charge in [-0.1, -0.05) is 49.2 Å². The second-order valence-corrected chi connectivity index (χ2v) is 4.00. The van der Waals surface area contributed by atoms with Crippen LogP contribution in [0.3, 0.4) is 0 Å². The van der Waals surface area contributed by atoms with Crippen molar-refractivity contribution in [2.75, 3.05) is 0 Å². The van der Waals surface area contributed by atoms with Crippen LogP contribution in [0.15, 0.2) is 36.4 Å². The minimum Gasteiger partial charge on any atom is -0.388 e. The minimum atomic E-state index is -0.421. The summed E-state index contributed by atoms with van der Waals surface area (Å²) in [6, 6.07) is 7.33. The lowest BCUT2D eigenvalue weighted by atomic mass is 10.1. The summed E-state index contributed by atoms with van der Waals surface area (Å²) in [6.07, 6.45) is 6.61. The molecule has 1 aromatic carbocycles. The summed E-state index contributed by atoms with van der Waals surface area (Å²) in [7, 11) is 0. The number of unbranched alkanes of at least 4 members (excludes halogenated alkanes) is 1. The lowest BCUT2D eigenvalue weighted by Crippen LogP contribution is -1.94. The molecule has 0 aliphatic rings. The van der Waals surface area contributed by atoms with Crippen LogP contribution in [0.5, 0.6) is 0 Å². The molecule has 0 spiro atoms. The number of allylic oxidation sites excluding steroid dienone is 1. The van der Waals surface area contributed by atoms with Crippen molar-refractivity contribution in [3.63, 3.8) is 0 Å². The lowest BCUT2D eigenvalue weighted by Gasteiger charge is -2.07. The van der Waals surface area contributed by atoms with Gasteiger partial charge in [-0.15, -0.1) is 0 Å². The Bertz CT molecular complexity index is 303. The highest BCUT2D eigenvalue weighted by Crippen LogP contribution is 2.19. The molecule has 0 aliphatic carbocycles. The third-order valence-corrected chi connectivity index (χ3v) is 2.49. The van der Waals surface area contributed by atoms with Gasteiger partial charge in [0.1, 0.15) is 0 Å². The lowest BCUT2D eigenvalue weighted by molar-refractivity contribution is 0.181. The van der Waals surface area contributed by atoms with Crippen LogP contribution in [0.4, 0.5) is 0 Å². The summed E-state index contributed by atoms with van der Waals surface area (Å²) in [4.78, 5) is 0. The molecule has 0 fully saturated rings. The molecule has 1 aromatic rings. The quantitative estimate of drug-likeness (QED) is 0.746. The molecule has 0 saturated heterocycles. The summed E-state index contributed by atoms with van der Waals surface area (Å²) in [6.45, 7) is 2.14. The third kappa shape index (κ3) is 4.50. The molecular weight excluding hydrogens is 208 g/mol. The number of aliphatic hydroxyl groups is 1. The Hall–Kier alpha value is -0.790. The molecular formula is C13H17ClO. The van der Waals surface area contributed by atoms with Crippen LogP contribution < -0.4 is 0 Å². The van der Waals surface area contributed by atoms with Gasteiger partial charge in [-0.25, -0.2) is 0 Å². The molecule has 0 aromatic heterocycles. The minimum absolute atomic E-state index is 0.421. The van der Waals surface area contributed by atoms with E-state index in [1.54, 1.807) is 12.1 Å². The molecule has 0 aliphatic heterocycles. The fourth-order valence-corrected chi connectivity index (χ4v) is 1.46. The van der Waals surface area contributed by atoms with E-state index in [2.05, 4.69) is 13.0 Å². The molecule has 0 bridgehead atoms. The van der Waals surface area contributed by atoms with Crippen LogP contribution in [0, 0.1) is 0 Å². The van der Waals surface area contributed by atoms with E-state index in [4.69, 9.17) is 11.6 Å². The fourth-order valence-electron chi connectivity index (χ4n) is 1.33. The summed E-state index contributed by atoms with van der Waals surface area (Å²) < 4.78 is 0. The zero-order valence-electron chi connectivity index (χ0n) is 8.99. The zero-order valence-corrected chi connectivity index (χ0v) is 9.74. The Morgan fingerprint density at radius 1 is 1.27 bits per heavy atom. The number of hydrogen-bond acceptors (Lipinski definition) is 1. The standard InChI is InChI=1S/C13H17ClO/c1-2-3-4-5-6-13(15)11-7-9-12(14)10-8-11/h4-5,7-10,13,15H,2-3,6H2,1H3/b5-4+/t13-/m0/s1. The summed E-state index contributed by atoms with van der Waals surface area (Å²) in [5.41, 5.74) is 0.917. The van der Waals surface area contributed by atoms with Crippen LogP contribution in [-0.4, -0.2) is 5.11 Å². The average Bonchev–Trinajstić information content (AvgIpc) is 2.25. The van der Waals surface area contributed by atoms with E-state index < -0.39 is 6.10 Å². The predicted octanol–water partition coefficient (Wildman–Crippen LogP) is 4.12. The maximum atomic E-state index is 9.82. The van der Waals surface area contributed by atoms with Gasteiger partial charge >= 0.3 is 0 Å². The normalized spacial score (nSPS) is 13.3. The predicted molar refractivity (Wildman–Crippen MR) is 65.1 cm³/mol. The molecule has 82 valence electrons. The number of halogens is 1. The van der Waals surface area contributed by atoms with Gasteiger partial charge in [-0.05, 0) is 30.5 Å².